The number of aliphatic hydroxyl groups excluding tert-OH is 2. The van der Waals surface area contributed by atoms with Gasteiger partial charge in [-0.3, -0.25) is 24.0 Å². The van der Waals surface area contributed by atoms with Crippen LogP contribution in [-0.4, -0.2) is 88.6 Å². The first-order valence-electron chi connectivity index (χ1n) is 18.3. The minimum atomic E-state index is -1.40. The minimum Gasteiger partial charge on any atom is -0.460 e. The van der Waals surface area contributed by atoms with Crippen LogP contribution in [0.5, 0.6) is 0 Å². The lowest BCUT2D eigenvalue weighted by Crippen LogP contribution is -2.56. The summed E-state index contributed by atoms with van der Waals surface area (Å²) >= 11 is 0. The first-order valence-corrected chi connectivity index (χ1v) is 18.3. The second kappa shape index (κ2) is 22.6. The molecule has 0 aromatic rings. The standard InChI is InChI=1S/C36H64N4O9/c1-9-11-12-13-14-15-25-18-31(44)37-27(16-21(3)4)34(46)39-29(20-41)30(43)19-26(24(8)42)33(45)38-28(17-22(5)6)35(47)40-32(23(7)10-2)36(48)49-25/h21-29,32,41-42H,9-20H2,1-8H3,(H,37,44)(H,38,45)(H,39,46)(H,40,47)/t23-,24+,25?,26-,27+,28+,29-,32-/m0/s1. The van der Waals surface area contributed by atoms with E-state index in [9.17, 15) is 39.0 Å². The van der Waals surface area contributed by atoms with Crippen molar-refractivity contribution in [3.8, 4) is 0 Å². The predicted octanol–water partition coefficient (Wildman–Crippen LogP) is 2.69. The number of Topliss-reactive ketones (excluding diaryl/α,β-unsaturated/α-hetero) is 1. The predicted molar refractivity (Wildman–Crippen MR) is 186 cm³/mol. The molecule has 13 nitrogen and oxygen atoms in total. The van der Waals surface area contributed by atoms with E-state index in [0.29, 0.717) is 19.3 Å². The number of esters is 1. The van der Waals surface area contributed by atoms with E-state index >= 15 is 0 Å². The van der Waals surface area contributed by atoms with Crippen molar-refractivity contribution in [1.82, 2.24) is 21.3 Å². The van der Waals surface area contributed by atoms with Crippen LogP contribution in [0.15, 0.2) is 0 Å². The van der Waals surface area contributed by atoms with Gasteiger partial charge >= 0.3 is 5.97 Å². The van der Waals surface area contributed by atoms with E-state index in [1.54, 1.807) is 6.92 Å². The molecule has 0 radical (unpaired) electrons. The van der Waals surface area contributed by atoms with E-state index in [-0.39, 0.29) is 37.0 Å². The Morgan fingerprint density at radius 2 is 1.27 bits per heavy atom. The molecule has 13 heteroatoms. The SMILES string of the molecule is CCCCCCCC1CC(=O)N[C@H](CC(C)C)C(=O)N[C@@H](CO)C(=O)C[C@@H]([C@@H](C)O)C(=O)N[C@H](CC(C)C)C(=O)N[C@@H]([C@@H](C)CC)C(=O)O1. The summed E-state index contributed by atoms with van der Waals surface area (Å²) in [5.74, 6) is -5.74. The van der Waals surface area contributed by atoms with Gasteiger partial charge in [-0.05, 0) is 50.4 Å². The number of amides is 4. The number of unbranched alkanes of at least 4 members (excludes halogenated alkanes) is 4. The molecule has 1 fully saturated rings. The second-order valence-electron chi connectivity index (χ2n) is 14.5. The van der Waals surface area contributed by atoms with Gasteiger partial charge in [-0.25, -0.2) is 4.79 Å². The Morgan fingerprint density at radius 3 is 1.80 bits per heavy atom. The summed E-state index contributed by atoms with van der Waals surface area (Å²) in [6.07, 6.45) is 3.15. The van der Waals surface area contributed by atoms with E-state index in [1.165, 1.54) is 6.92 Å². The first-order chi connectivity index (χ1) is 23.0. The molecule has 8 atom stereocenters. The Labute approximate surface area is 292 Å². The highest BCUT2D eigenvalue weighted by Gasteiger charge is 2.37. The quantitative estimate of drug-likeness (QED) is 0.117. The van der Waals surface area contributed by atoms with Gasteiger partial charge in [-0.15, -0.1) is 0 Å². The lowest BCUT2D eigenvalue weighted by molar-refractivity contribution is -0.156. The highest BCUT2D eigenvalue weighted by Crippen LogP contribution is 2.19. The highest BCUT2D eigenvalue weighted by molar-refractivity contribution is 5.96. The van der Waals surface area contributed by atoms with Crippen LogP contribution in [-0.2, 0) is 33.5 Å². The molecule has 1 aliphatic heterocycles. The number of ketones is 1. The van der Waals surface area contributed by atoms with Gasteiger partial charge in [0.15, 0.2) is 5.78 Å². The molecule has 1 heterocycles. The third kappa shape index (κ3) is 16.0. The summed E-state index contributed by atoms with van der Waals surface area (Å²) in [4.78, 5) is 81.1. The average molecular weight is 697 g/mol. The Kier molecular flexibility index (Phi) is 20.3. The van der Waals surface area contributed by atoms with Gasteiger partial charge in [-0.2, -0.15) is 0 Å². The molecule has 0 aliphatic carbocycles. The maximum atomic E-state index is 13.7. The molecule has 0 aromatic carbocycles. The maximum absolute atomic E-state index is 13.7. The van der Waals surface area contributed by atoms with Gasteiger partial charge in [0.05, 0.1) is 25.0 Å². The summed E-state index contributed by atoms with van der Waals surface area (Å²) in [6, 6.07) is -4.64. The zero-order valence-corrected chi connectivity index (χ0v) is 31.0. The van der Waals surface area contributed by atoms with Gasteiger partial charge in [0, 0.05) is 6.42 Å². The number of aliphatic hydroxyl groups is 2. The van der Waals surface area contributed by atoms with E-state index in [0.717, 1.165) is 25.7 Å². The smallest absolute Gasteiger partial charge is 0.329 e. The number of rotatable bonds is 14. The van der Waals surface area contributed by atoms with Crippen LogP contribution < -0.4 is 21.3 Å². The van der Waals surface area contributed by atoms with Crippen molar-refractivity contribution >= 4 is 35.4 Å². The molecule has 1 unspecified atom stereocenters. The summed E-state index contributed by atoms with van der Waals surface area (Å²) in [7, 11) is 0. The lowest BCUT2D eigenvalue weighted by Gasteiger charge is -2.29. The van der Waals surface area contributed by atoms with Crippen LogP contribution in [0.3, 0.4) is 0 Å². The van der Waals surface area contributed by atoms with Crippen molar-refractivity contribution in [2.75, 3.05) is 6.61 Å². The number of carbonyl (C=O) groups is 6. The van der Waals surface area contributed by atoms with Gasteiger partial charge < -0.3 is 36.2 Å². The van der Waals surface area contributed by atoms with Crippen LogP contribution in [0, 0.1) is 23.7 Å². The van der Waals surface area contributed by atoms with Crippen molar-refractivity contribution in [3.63, 3.8) is 0 Å². The van der Waals surface area contributed by atoms with Crippen LogP contribution >= 0.6 is 0 Å². The molecule has 4 amide bonds. The third-order valence-electron chi connectivity index (χ3n) is 9.02. The monoisotopic (exact) mass is 696 g/mol. The molecule has 1 rings (SSSR count). The molecule has 0 bridgehead atoms. The molecule has 0 aromatic heterocycles. The van der Waals surface area contributed by atoms with Crippen molar-refractivity contribution in [2.24, 2.45) is 23.7 Å². The minimum absolute atomic E-state index is 0.0323. The zero-order chi connectivity index (χ0) is 37.3. The van der Waals surface area contributed by atoms with E-state index in [1.807, 2.05) is 34.6 Å². The van der Waals surface area contributed by atoms with Crippen LogP contribution in [0.2, 0.25) is 0 Å². The summed E-state index contributed by atoms with van der Waals surface area (Å²) in [6.45, 7) is 13.8. The Hall–Kier alpha value is -3.06. The van der Waals surface area contributed by atoms with Crippen molar-refractivity contribution in [3.05, 3.63) is 0 Å². The number of cyclic esters (lactones) is 1. The molecule has 0 spiro atoms. The molecule has 282 valence electrons. The highest BCUT2D eigenvalue weighted by atomic mass is 16.5. The lowest BCUT2D eigenvalue weighted by atomic mass is 9.92. The zero-order valence-electron chi connectivity index (χ0n) is 31.0. The van der Waals surface area contributed by atoms with E-state index < -0.39 is 90.7 Å². The Balaban J connectivity index is 3.64. The molecule has 6 N–H and O–H groups in total. The fourth-order valence-electron chi connectivity index (χ4n) is 5.83. The van der Waals surface area contributed by atoms with Crippen LogP contribution in [0.25, 0.3) is 0 Å². The fourth-order valence-corrected chi connectivity index (χ4v) is 5.83. The normalized spacial score (nSPS) is 26.9. The van der Waals surface area contributed by atoms with E-state index in [2.05, 4.69) is 28.2 Å². The van der Waals surface area contributed by atoms with Crippen molar-refractivity contribution in [1.29, 1.82) is 0 Å². The molecular weight excluding hydrogens is 632 g/mol. The molecule has 0 saturated carbocycles. The number of hydrogen-bond acceptors (Lipinski definition) is 9. The van der Waals surface area contributed by atoms with Crippen LogP contribution in [0.1, 0.15) is 126 Å². The second-order valence-corrected chi connectivity index (χ2v) is 14.5. The van der Waals surface area contributed by atoms with Gasteiger partial charge in [-0.1, -0.05) is 80.6 Å². The number of hydrogen-bond donors (Lipinski definition) is 6. The molecular formula is C36H64N4O9. The summed E-state index contributed by atoms with van der Waals surface area (Å²) in [5.41, 5.74) is 0. The van der Waals surface area contributed by atoms with Gasteiger partial charge in [0.25, 0.3) is 0 Å². The largest absolute Gasteiger partial charge is 0.460 e. The molecule has 1 aliphatic rings. The fraction of sp³-hybridized carbons (Fsp3) is 0.833. The maximum Gasteiger partial charge on any atom is 0.329 e. The average Bonchev–Trinajstić information content (AvgIpc) is 3.02. The third-order valence-corrected chi connectivity index (χ3v) is 9.02. The van der Waals surface area contributed by atoms with Gasteiger partial charge in [0.2, 0.25) is 23.6 Å². The molecule has 1 saturated heterocycles. The summed E-state index contributed by atoms with van der Waals surface area (Å²) < 4.78 is 5.94. The Morgan fingerprint density at radius 1 is 0.714 bits per heavy atom. The number of nitrogens with one attached hydrogen (secondary N) is 4. The number of carbonyl (C=O) groups excluding carboxylic acids is 6. The topological polar surface area (TPSA) is 200 Å². The van der Waals surface area contributed by atoms with Crippen LogP contribution in [0.4, 0.5) is 0 Å². The van der Waals surface area contributed by atoms with Crippen molar-refractivity contribution < 1.29 is 43.7 Å². The Bertz CT molecular complexity index is 1080. The van der Waals surface area contributed by atoms with Crippen molar-refractivity contribution in [2.45, 2.75) is 162 Å². The first kappa shape index (κ1) is 44.0. The van der Waals surface area contributed by atoms with Gasteiger partial charge in [0.1, 0.15) is 30.3 Å². The van der Waals surface area contributed by atoms with E-state index in [4.69, 9.17) is 4.74 Å². The number of ether oxygens (including phenoxy) is 1. The molecule has 49 heavy (non-hydrogen) atoms. The summed E-state index contributed by atoms with van der Waals surface area (Å²) in [5, 5.41) is 31.2.